The van der Waals surface area contributed by atoms with Gasteiger partial charge >= 0.3 is 12.1 Å². The fourth-order valence-corrected chi connectivity index (χ4v) is 3.88. The molecule has 0 unspecified atom stereocenters. The molecule has 0 aliphatic rings. The number of carboxylic acid groups (broad SMARTS) is 1. The van der Waals surface area contributed by atoms with E-state index >= 15 is 0 Å². The van der Waals surface area contributed by atoms with Crippen molar-refractivity contribution in [1.29, 1.82) is 0 Å². The minimum atomic E-state index is -4.84. The summed E-state index contributed by atoms with van der Waals surface area (Å²) in [5.74, 6) is -1.83. The Kier molecular flexibility index (Phi) is 7.56. The van der Waals surface area contributed by atoms with E-state index in [0.717, 1.165) is 0 Å². The summed E-state index contributed by atoms with van der Waals surface area (Å²) < 4.78 is 49.6. The van der Waals surface area contributed by atoms with E-state index in [4.69, 9.17) is 32.9 Å². The van der Waals surface area contributed by atoms with Crippen molar-refractivity contribution in [3.63, 3.8) is 0 Å². The van der Waals surface area contributed by atoms with Crippen molar-refractivity contribution in [2.45, 2.75) is 31.7 Å². The predicted molar refractivity (Wildman–Crippen MR) is 134 cm³/mol. The van der Waals surface area contributed by atoms with E-state index in [-0.39, 0.29) is 34.3 Å². The molecule has 0 radical (unpaired) electrons. The smallest absolute Gasteiger partial charge is 0.429 e. The molecule has 0 saturated carbocycles. The summed E-state index contributed by atoms with van der Waals surface area (Å²) in [5, 5.41) is 13.4. The first-order valence-electron chi connectivity index (χ1n) is 11.2. The highest BCUT2D eigenvalue weighted by atomic mass is 35.5. The molecule has 9 nitrogen and oxygen atoms in total. The van der Waals surface area contributed by atoms with Gasteiger partial charge in [0.1, 0.15) is 6.04 Å². The Balaban J connectivity index is 1.68. The first-order chi connectivity index (χ1) is 17.9. The molecule has 13 heteroatoms. The maximum absolute atomic E-state index is 14.3. The van der Waals surface area contributed by atoms with Crippen LogP contribution in [0.1, 0.15) is 22.9 Å². The Bertz CT molecular complexity index is 1460. The van der Waals surface area contributed by atoms with Crippen LogP contribution in [-0.2, 0) is 11.2 Å². The minimum absolute atomic E-state index is 0.0883. The molecule has 38 heavy (non-hydrogen) atoms. The number of ether oxygens (including phenoxy) is 1. The van der Waals surface area contributed by atoms with Gasteiger partial charge in [-0.05, 0) is 37.1 Å². The van der Waals surface area contributed by atoms with E-state index in [9.17, 15) is 18.0 Å². The Morgan fingerprint density at radius 2 is 1.84 bits per heavy atom. The first-order valence-corrected chi connectivity index (χ1v) is 11.6. The number of carboxylic acids is 1. The monoisotopic (exact) mass is 546 g/mol. The molecule has 0 amide bonds. The van der Waals surface area contributed by atoms with E-state index in [1.807, 2.05) is 0 Å². The molecule has 2 atom stereocenters. The Morgan fingerprint density at radius 3 is 2.45 bits per heavy atom. The average Bonchev–Trinajstić information content (AvgIpc) is 3.28. The third kappa shape index (κ3) is 6.21. The fourth-order valence-electron chi connectivity index (χ4n) is 3.72. The Hall–Kier alpha value is -4.16. The Labute approximate surface area is 219 Å². The fraction of sp³-hybridized carbons (Fsp3) is 0.200. The summed E-state index contributed by atoms with van der Waals surface area (Å²) in [5.41, 5.74) is 13.2. The van der Waals surface area contributed by atoms with E-state index < -0.39 is 30.2 Å². The zero-order valence-electron chi connectivity index (χ0n) is 19.9. The zero-order chi connectivity index (χ0) is 27.6. The third-order valence-electron chi connectivity index (χ3n) is 5.52. The number of benzene rings is 2. The molecular weight excluding hydrogens is 525 g/mol. The van der Waals surface area contributed by atoms with Crippen LogP contribution in [-0.4, -0.2) is 43.0 Å². The quantitative estimate of drug-likeness (QED) is 0.293. The van der Waals surface area contributed by atoms with E-state index in [1.54, 1.807) is 37.3 Å². The molecule has 2 aromatic heterocycles. The van der Waals surface area contributed by atoms with Crippen molar-refractivity contribution in [3.8, 4) is 22.8 Å². The number of anilines is 1. The SMILES string of the molecule is Cc1ccn(-c2cc(Cl)ccc2[C@H](Oc2cc(-c3ccc(C[C@@H](N)C(=O)O)cc3)nc(N)n2)C(F)(F)F)n1. The van der Waals surface area contributed by atoms with Crippen LogP contribution >= 0.6 is 11.6 Å². The lowest BCUT2D eigenvalue weighted by molar-refractivity contribution is -0.198. The largest absolute Gasteiger partial charge is 0.480 e. The average molecular weight is 547 g/mol. The molecule has 2 heterocycles. The first kappa shape index (κ1) is 26.9. The highest BCUT2D eigenvalue weighted by Crippen LogP contribution is 2.40. The van der Waals surface area contributed by atoms with Crippen molar-refractivity contribution < 1.29 is 27.8 Å². The topological polar surface area (TPSA) is 142 Å². The molecular formula is C25H22ClF3N6O3. The third-order valence-corrected chi connectivity index (χ3v) is 5.76. The molecule has 4 rings (SSSR count). The van der Waals surface area contributed by atoms with E-state index in [1.165, 1.54) is 35.1 Å². The molecule has 0 aliphatic heterocycles. The van der Waals surface area contributed by atoms with Crippen LogP contribution in [0.4, 0.5) is 19.1 Å². The van der Waals surface area contributed by atoms with Crippen LogP contribution in [0.5, 0.6) is 5.88 Å². The maximum Gasteiger partial charge on any atom is 0.429 e. The van der Waals surface area contributed by atoms with Gasteiger partial charge in [0.2, 0.25) is 17.9 Å². The van der Waals surface area contributed by atoms with Crippen LogP contribution in [0.2, 0.25) is 5.02 Å². The lowest BCUT2D eigenvalue weighted by atomic mass is 10.0. The van der Waals surface area contributed by atoms with Gasteiger partial charge in [-0.3, -0.25) is 4.79 Å². The van der Waals surface area contributed by atoms with Gasteiger partial charge in [-0.1, -0.05) is 41.9 Å². The highest BCUT2D eigenvalue weighted by Gasteiger charge is 2.45. The molecule has 0 bridgehead atoms. The van der Waals surface area contributed by atoms with Crippen LogP contribution in [0.25, 0.3) is 16.9 Å². The van der Waals surface area contributed by atoms with Crippen molar-refractivity contribution >= 4 is 23.5 Å². The summed E-state index contributed by atoms with van der Waals surface area (Å²) in [4.78, 5) is 18.9. The van der Waals surface area contributed by atoms with E-state index in [0.29, 0.717) is 16.8 Å². The minimum Gasteiger partial charge on any atom is -0.480 e. The molecule has 198 valence electrons. The number of alkyl halides is 3. The number of hydrogen-bond acceptors (Lipinski definition) is 7. The van der Waals surface area contributed by atoms with Gasteiger partial charge in [0, 0.05) is 28.4 Å². The van der Waals surface area contributed by atoms with Crippen LogP contribution in [0, 0.1) is 6.92 Å². The van der Waals surface area contributed by atoms with Gasteiger partial charge in [-0.15, -0.1) is 0 Å². The maximum atomic E-state index is 14.3. The summed E-state index contributed by atoms with van der Waals surface area (Å²) in [7, 11) is 0. The second-order valence-corrected chi connectivity index (χ2v) is 8.88. The molecule has 0 saturated heterocycles. The summed E-state index contributed by atoms with van der Waals surface area (Å²) >= 11 is 6.08. The molecule has 0 fully saturated rings. The number of aliphatic carboxylic acids is 1. The molecule has 0 aliphatic carbocycles. The van der Waals surface area contributed by atoms with Gasteiger partial charge in [-0.25, -0.2) is 9.67 Å². The molecule has 2 aromatic carbocycles. The molecule has 0 spiro atoms. The number of nitrogens with two attached hydrogens (primary N) is 2. The van der Waals surface area contributed by atoms with Crippen molar-refractivity contribution in [3.05, 3.63) is 82.6 Å². The molecule has 5 N–H and O–H groups in total. The lowest BCUT2D eigenvalue weighted by Crippen LogP contribution is -2.32. The second kappa shape index (κ2) is 10.7. The number of hydrogen-bond donors (Lipinski definition) is 3. The summed E-state index contributed by atoms with van der Waals surface area (Å²) in [6.45, 7) is 1.71. The van der Waals surface area contributed by atoms with Crippen molar-refractivity contribution in [2.24, 2.45) is 5.73 Å². The van der Waals surface area contributed by atoms with Crippen molar-refractivity contribution in [1.82, 2.24) is 19.7 Å². The normalized spacial score (nSPS) is 13.2. The predicted octanol–water partition coefficient (Wildman–Crippen LogP) is 4.51. The van der Waals surface area contributed by atoms with Gasteiger partial charge in [0.05, 0.1) is 17.1 Å². The van der Waals surface area contributed by atoms with E-state index in [2.05, 4.69) is 15.1 Å². The summed E-state index contributed by atoms with van der Waals surface area (Å²) in [6, 6.07) is 12.2. The number of aryl methyl sites for hydroxylation is 1. The lowest BCUT2D eigenvalue weighted by Gasteiger charge is -2.24. The zero-order valence-corrected chi connectivity index (χ0v) is 20.6. The number of carbonyl (C=O) groups is 1. The number of nitrogens with zero attached hydrogens (tertiary/aromatic N) is 4. The standard InChI is InChI=1S/C25H22ClF3N6O3/c1-13-8-9-35(34-13)20-11-16(26)6-7-17(20)22(25(27,28)29)38-21-12-19(32-24(31)33-21)15-4-2-14(3-5-15)10-18(30)23(36)37/h2-9,11-12,18,22H,10,30H2,1H3,(H,36,37)(H2,31,32,33)/t18-,22+/m1/s1. The molecule has 4 aromatic rings. The van der Waals surface area contributed by atoms with Gasteiger partial charge in [-0.2, -0.15) is 23.3 Å². The van der Waals surface area contributed by atoms with Crippen LogP contribution < -0.4 is 16.2 Å². The van der Waals surface area contributed by atoms with Crippen molar-refractivity contribution in [2.75, 3.05) is 5.73 Å². The number of rotatable bonds is 8. The van der Waals surface area contributed by atoms with Gasteiger partial charge in [0.15, 0.2) is 0 Å². The highest BCUT2D eigenvalue weighted by molar-refractivity contribution is 6.30. The number of nitrogen functional groups attached to an aromatic ring is 1. The van der Waals surface area contributed by atoms with Crippen LogP contribution in [0.3, 0.4) is 0 Å². The number of aromatic nitrogens is 4. The van der Waals surface area contributed by atoms with Crippen LogP contribution in [0.15, 0.2) is 60.8 Å². The number of halogens is 4. The Morgan fingerprint density at radius 1 is 1.13 bits per heavy atom. The van der Waals surface area contributed by atoms with Gasteiger partial charge < -0.3 is 21.3 Å². The van der Waals surface area contributed by atoms with Gasteiger partial charge in [0.25, 0.3) is 0 Å². The second-order valence-electron chi connectivity index (χ2n) is 8.44. The summed E-state index contributed by atoms with van der Waals surface area (Å²) in [6.07, 6.45) is -5.65.